The van der Waals surface area contributed by atoms with Crippen LogP contribution >= 0.6 is 11.6 Å². The van der Waals surface area contributed by atoms with Gasteiger partial charge in [-0.05, 0) is 73.0 Å². The first kappa shape index (κ1) is 23.6. The number of hydrogen-bond acceptors (Lipinski definition) is 4. The summed E-state index contributed by atoms with van der Waals surface area (Å²) in [6, 6.07) is 16.7. The zero-order valence-electron chi connectivity index (χ0n) is 19.7. The van der Waals surface area contributed by atoms with Crippen LogP contribution in [0.2, 0.25) is 5.02 Å². The predicted octanol–water partition coefficient (Wildman–Crippen LogP) is 4.85. The number of nitrogens with zero attached hydrogens (tertiary/aromatic N) is 3. The fraction of sp³-hybridized carbons (Fsp3) is 0.148. The zero-order chi connectivity index (χ0) is 25.6. The van der Waals surface area contributed by atoms with Gasteiger partial charge in [0.1, 0.15) is 5.82 Å². The third kappa shape index (κ3) is 4.20. The molecular formula is C27H23ClFN5O2. The van der Waals surface area contributed by atoms with Gasteiger partial charge >= 0.3 is 0 Å². The average Bonchev–Trinajstić information content (AvgIpc) is 3.25. The quantitative estimate of drug-likeness (QED) is 0.407. The van der Waals surface area contributed by atoms with Crippen LogP contribution in [0, 0.1) is 5.82 Å². The van der Waals surface area contributed by atoms with Gasteiger partial charge in [0.05, 0.1) is 22.0 Å². The molecule has 9 heteroatoms. The molecule has 36 heavy (non-hydrogen) atoms. The van der Waals surface area contributed by atoms with E-state index in [2.05, 4.69) is 10.4 Å². The van der Waals surface area contributed by atoms with Gasteiger partial charge in [0.2, 0.25) is 0 Å². The fourth-order valence-corrected chi connectivity index (χ4v) is 4.65. The number of benzene rings is 3. The highest BCUT2D eigenvalue weighted by atomic mass is 35.5. The normalized spacial score (nSPS) is 12.0. The van der Waals surface area contributed by atoms with Gasteiger partial charge in [-0.1, -0.05) is 17.7 Å². The average molecular weight is 504 g/mol. The van der Waals surface area contributed by atoms with Crippen molar-refractivity contribution in [3.63, 3.8) is 0 Å². The fourth-order valence-electron chi connectivity index (χ4n) is 4.45. The topological polar surface area (TPSA) is 93.2 Å². The Bertz CT molecular complexity index is 1510. The Balaban J connectivity index is 1.57. The Labute approximate surface area is 212 Å². The van der Waals surface area contributed by atoms with Gasteiger partial charge in [0, 0.05) is 36.6 Å². The van der Waals surface area contributed by atoms with E-state index in [9.17, 15) is 14.0 Å². The first-order chi connectivity index (χ1) is 17.2. The Morgan fingerprint density at radius 1 is 1.06 bits per heavy atom. The number of amides is 2. The maximum absolute atomic E-state index is 13.6. The van der Waals surface area contributed by atoms with Crippen LogP contribution in [-0.4, -0.2) is 35.7 Å². The molecule has 0 spiro atoms. The van der Waals surface area contributed by atoms with Gasteiger partial charge in [-0.15, -0.1) is 0 Å². The van der Waals surface area contributed by atoms with Gasteiger partial charge in [-0.25, -0.2) is 9.07 Å². The molecular weight excluding hydrogens is 481 g/mol. The second kappa shape index (κ2) is 9.13. The maximum Gasteiger partial charge on any atom is 0.269 e. The van der Waals surface area contributed by atoms with E-state index in [1.165, 1.54) is 12.1 Å². The van der Waals surface area contributed by atoms with Crippen LogP contribution in [0.5, 0.6) is 0 Å². The van der Waals surface area contributed by atoms with Crippen LogP contribution in [0.1, 0.15) is 32.0 Å². The lowest BCUT2D eigenvalue weighted by atomic mass is 9.88. The van der Waals surface area contributed by atoms with E-state index in [1.54, 1.807) is 28.9 Å². The minimum Gasteiger partial charge on any atom is -0.378 e. The monoisotopic (exact) mass is 503 g/mol. The van der Waals surface area contributed by atoms with Crippen LogP contribution in [0.4, 0.5) is 15.8 Å². The second-order valence-electron chi connectivity index (χ2n) is 8.81. The molecule has 3 N–H and O–H groups in total. The molecule has 0 radical (unpaired) electrons. The van der Waals surface area contributed by atoms with Gasteiger partial charge in [0.25, 0.3) is 11.8 Å². The van der Waals surface area contributed by atoms with E-state index in [1.807, 2.05) is 43.3 Å². The maximum atomic E-state index is 13.6. The lowest BCUT2D eigenvalue weighted by Crippen LogP contribution is -2.16. The van der Waals surface area contributed by atoms with Crippen molar-refractivity contribution in [2.75, 3.05) is 24.3 Å². The number of carbonyl (C=O) groups excluding carboxylic acids is 2. The summed E-state index contributed by atoms with van der Waals surface area (Å²) < 4.78 is 15.2. The summed E-state index contributed by atoms with van der Waals surface area (Å²) >= 11 is 6.32. The van der Waals surface area contributed by atoms with Crippen molar-refractivity contribution in [1.29, 1.82) is 0 Å². The largest absolute Gasteiger partial charge is 0.378 e. The number of nitrogens with one attached hydrogen (secondary N) is 1. The minimum atomic E-state index is -0.629. The molecule has 3 aromatic carbocycles. The van der Waals surface area contributed by atoms with Crippen molar-refractivity contribution in [2.45, 2.75) is 12.8 Å². The van der Waals surface area contributed by atoms with Crippen molar-refractivity contribution in [3.8, 4) is 16.9 Å². The highest BCUT2D eigenvalue weighted by molar-refractivity contribution is 6.34. The smallest absolute Gasteiger partial charge is 0.269 e. The Kier molecular flexibility index (Phi) is 5.97. The molecule has 4 aromatic rings. The molecule has 0 unspecified atom stereocenters. The number of anilines is 2. The molecule has 1 aliphatic carbocycles. The summed E-state index contributed by atoms with van der Waals surface area (Å²) in [4.78, 5) is 27.2. The molecule has 182 valence electrons. The van der Waals surface area contributed by atoms with Gasteiger partial charge in [-0.3, -0.25) is 9.59 Å². The van der Waals surface area contributed by atoms with E-state index in [0.29, 0.717) is 40.5 Å². The Morgan fingerprint density at radius 2 is 1.81 bits per heavy atom. The van der Waals surface area contributed by atoms with Crippen LogP contribution in [0.3, 0.4) is 0 Å². The molecule has 5 rings (SSSR count). The zero-order valence-corrected chi connectivity index (χ0v) is 20.4. The van der Waals surface area contributed by atoms with E-state index in [-0.39, 0.29) is 17.4 Å². The van der Waals surface area contributed by atoms with Crippen LogP contribution in [-0.2, 0) is 12.8 Å². The summed E-state index contributed by atoms with van der Waals surface area (Å²) in [5.74, 6) is -1.35. The molecule has 0 bridgehead atoms. The molecule has 0 saturated heterocycles. The standard InChI is InChI=1S/C27H23ClFN5O2/c1-33(2)19-10-12-23(28)22(14-19)27(36)31-17-7-3-15-4-11-20-24(26(30)35)32-34(25(20)21(15)13-17)18-8-5-16(29)6-9-18/h3,5-10,12-14H,4,11H2,1-2H3,(H2,30,35)(H,31,36). The van der Waals surface area contributed by atoms with Crippen molar-refractivity contribution in [1.82, 2.24) is 9.78 Å². The number of primary amides is 1. The lowest BCUT2D eigenvalue weighted by Gasteiger charge is -2.20. The molecule has 7 nitrogen and oxygen atoms in total. The molecule has 0 atom stereocenters. The number of fused-ring (bicyclic) bond motifs is 3. The van der Waals surface area contributed by atoms with E-state index >= 15 is 0 Å². The number of rotatable bonds is 5. The molecule has 1 aromatic heterocycles. The Morgan fingerprint density at radius 3 is 2.50 bits per heavy atom. The molecule has 0 fully saturated rings. The summed E-state index contributed by atoms with van der Waals surface area (Å²) in [7, 11) is 3.77. The molecule has 2 amide bonds. The van der Waals surface area contributed by atoms with Crippen molar-refractivity contribution in [2.24, 2.45) is 5.73 Å². The van der Waals surface area contributed by atoms with Crippen molar-refractivity contribution < 1.29 is 14.0 Å². The van der Waals surface area contributed by atoms with E-state index in [0.717, 1.165) is 22.4 Å². The number of aromatic nitrogens is 2. The third-order valence-electron chi connectivity index (χ3n) is 6.27. The van der Waals surface area contributed by atoms with Crippen molar-refractivity contribution >= 4 is 34.8 Å². The molecule has 1 heterocycles. The summed E-state index contributed by atoms with van der Waals surface area (Å²) in [6.07, 6.45) is 1.27. The van der Waals surface area contributed by atoms with Gasteiger partial charge in [-0.2, -0.15) is 5.10 Å². The number of hydrogen-bond donors (Lipinski definition) is 2. The van der Waals surface area contributed by atoms with Crippen LogP contribution < -0.4 is 16.0 Å². The van der Waals surface area contributed by atoms with Crippen molar-refractivity contribution in [3.05, 3.63) is 93.9 Å². The second-order valence-corrected chi connectivity index (χ2v) is 9.22. The summed E-state index contributed by atoms with van der Waals surface area (Å²) in [6.45, 7) is 0. The van der Waals surface area contributed by atoms with Crippen LogP contribution in [0.25, 0.3) is 16.9 Å². The van der Waals surface area contributed by atoms with E-state index in [4.69, 9.17) is 17.3 Å². The predicted molar refractivity (Wildman–Crippen MR) is 139 cm³/mol. The van der Waals surface area contributed by atoms with E-state index < -0.39 is 5.91 Å². The summed E-state index contributed by atoms with van der Waals surface area (Å²) in [5, 5.41) is 7.75. The first-order valence-corrected chi connectivity index (χ1v) is 11.7. The third-order valence-corrected chi connectivity index (χ3v) is 6.60. The van der Waals surface area contributed by atoms with Crippen LogP contribution in [0.15, 0.2) is 60.7 Å². The molecule has 0 aliphatic heterocycles. The Hall–Kier alpha value is -4.17. The summed E-state index contributed by atoms with van der Waals surface area (Å²) in [5.41, 5.74) is 11.4. The number of aryl methyl sites for hydroxylation is 1. The lowest BCUT2D eigenvalue weighted by molar-refractivity contribution is 0.0992. The highest BCUT2D eigenvalue weighted by Crippen LogP contribution is 2.38. The first-order valence-electron chi connectivity index (χ1n) is 11.3. The van der Waals surface area contributed by atoms with Gasteiger partial charge in [0.15, 0.2) is 5.69 Å². The van der Waals surface area contributed by atoms with Gasteiger partial charge < -0.3 is 16.0 Å². The minimum absolute atomic E-state index is 0.182. The molecule has 0 saturated carbocycles. The number of nitrogens with two attached hydrogens (primary N) is 1. The molecule has 1 aliphatic rings. The highest BCUT2D eigenvalue weighted by Gasteiger charge is 2.28. The number of halogens is 2. The number of carbonyl (C=O) groups is 2. The SMILES string of the molecule is CN(C)c1ccc(Cl)c(C(=O)Nc2ccc3c(c2)-c2c(c(C(N)=O)nn2-c2ccc(F)cc2)CC3)c1.